The summed E-state index contributed by atoms with van der Waals surface area (Å²) in [6.07, 6.45) is 2.25. The number of rotatable bonds is 2. The second-order valence-electron chi connectivity index (χ2n) is 4.96. The van der Waals surface area contributed by atoms with Crippen LogP contribution in [-0.4, -0.2) is 45.7 Å². The quantitative estimate of drug-likeness (QED) is 0.707. The lowest BCUT2D eigenvalue weighted by Crippen LogP contribution is -2.58. The van der Waals surface area contributed by atoms with E-state index in [4.69, 9.17) is 0 Å². The first-order valence-corrected chi connectivity index (χ1v) is 5.63. The first kappa shape index (κ1) is 11.4. The van der Waals surface area contributed by atoms with Crippen LogP contribution in [0.1, 0.15) is 32.6 Å². The van der Waals surface area contributed by atoms with Crippen LogP contribution in [0, 0.1) is 5.41 Å². The normalized spacial score (nSPS) is 32.2. The lowest BCUT2D eigenvalue weighted by atomic mass is 9.58. The Labute approximate surface area is 94.0 Å². The molecule has 90 valence electrons. The lowest BCUT2D eigenvalue weighted by Gasteiger charge is -2.48. The molecule has 0 aromatic rings. The van der Waals surface area contributed by atoms with E-state index in [0.717, 1.165) is 6.42 Å². The van der Waals surface area contributed by atoms with Crippen molar-refractivity contribution in [2.45, 2.75) is 38.2 Å². The van der Waals surface area contributed by atoms with Crippen molar-refractivity contribution in [1.82, 2.24) is 4.90 Å². The van der Waals surface area contributed by atoms with Crippen LogP contribution in [0.5, 0.6) is 0 Å². The van der Waals surface area contributed by atoms with E-state index in [0.29, 0.717) is 25.8 Å². The van der Waals surface area contributed by atoms with E-state index in [1.54, 1.807) is 0 Å². The maximum atomic E-state index is 11.3. The molecule has 1 amide bonds. The minimum absolute atomic E-state index is 0.101. The van der Waals surface area contributed by atoms with E-state index in [9.17, 15) is 19.8 Å². The van der Waals surface area contributed by atoms with Crippen LogP contribution in [-0.2, 0) is 9.59 Å². The van der Waals surface area contributed by atoms with Gasteiger partial charge in [-0.3, -0.25) is 9.59 Å². The molecule has 0 aromatic heterocycles. The van der Waals surface area contributed by atoms with E-state index >= 15 is 0 Å². The number of aliphatic hydroxyl groups is 1. The molecule has 2 rings (SSSR count). The van der Waals surface area contributed by atoms with E-state index in [2.05, 4.69) is 0 Å². The highest BCUT2D eigenvalue weighted by Gasteiger charge is 2.61. The smallest absolute Gasteiger partial charge is 0.312 e. The molecule has 0 spiro atoms. The Balaban J connectivity index is 2.20. The number of aliphatic carboxylic acids is 1. The predicted octanol–water partition coefficient (Wildman–Crippen LogP) is 0.225. The molecule has 0 radical (unpaired) electrons. The zero-order chi connectivity index (χ0) is 12.0. The maximum absolute atomic E-state index is 11.3. The third kappa shape index (κ3) is 1.34. The number of β-amino-alcohol motifs (C(OH)–C–C–N with tert-alkyl or cyclic N) is 1. The third-order valence-electron chi connectivity index (χ3n) is 4.20. The molecule has 1 atom stereocenters. The van der Waals surface area contributed by atoms with Gasteiger partial charge >= 0.3 is 5.97 Å². The number of hydrogen-bond acceptors (Lipinski definition) is 3. The fraction of sp³-hybridized carbons (Fsp3) is 0.818. The van der Waals surface area contributed by atoms with Gasteiger partial charge in [-0.15, -0.1) is 0 Å². The first-order valence-electron chi connectivity index (χ1n) is 5.63. The topological polar surface area (TPSA) is 77.8 Å². The lowest BCUT2D eigenvalue weighted by molar-refractivity contribution is -0.182. The highest BCUT2D eigenvalue weighted by molar-refractivity contribution is 5.79. The van der Waals surface area contributed by atoms with Gasteiger partial charge in [0.05, 0.1) is 17.6 Å². The van der Waals surface area contributed by atoms with Gasteiger partial charge in [-0.25, -0.2) is 0 Å². The molecule has 5 nitrogen and oxygen atoms in total. The molecule has 0 bridgehead atoms. The van der Waals surface area contributed by atoms with Gasteiger partial charge in [0.1, 0.15) is 0 Å². The van der Waals surface area contributed by atoms with Gasteiger partial charge in [-0.1, -0.05) is 6.42 Å². The Bertz CT molecular complexity index is 337. The maximum Gasteiger partial charge on any atom is 0.312 e. The SMILES string of the molecule is CC(=O)N1CCC(O)(C2(C(=O)O)CCC2)C1. The molecule has 2 N–H and O–H groups in total. The predicted molar refractivity (Wildman–Crippen MR) is 55.7 cm³/mol. The summed E-state index contributed by atoms with van der Waals surface area (Å²) in [5.74, 6) is -1.03. The van der Waals surface area contributed by atoms with Gasteiger partial charge in [-0.2, -0.15) is 0 Å². The van der Waals surface area contributed by atoms with Crippen LogP contribution in [0.2, 0.25) is 0 Å². The summed E-state index contributed by atoms with van der Waals surface area (Å²) in [5, 5.41) is 19.7. The average Bonchev–Trinajstić information content (AvgIpc) is 2.45. The third-order valence-corrected chi connectivity index (χ3v) is 4.20. The molecule has 1 saturated carbocycles. The van der Waals surface area contributed by atoms with E-state index in [1.807, 2.05) is 0 Å². The van der Waals surface area contributed by atoms with Crippen molar-refractivity contribution in [3.63, 3.8) is 0 Å². The molecular formula is C11H17NO4. The summed E-state index contributed by atoms with van der Waals surface area (Å²) in [6, 6.07) is 0. The van der Waals surface area contributed by atoms with Gasteiger partial charge in [0.15, 0.2) is 0 Å². The molecule has 0 aromatic carbocycles. The number of carboxylic acid groups (broad SMARTS) is 1. The van der Waals surface area contributed by atoms with Gasteiger partial charge < -0.3 is 15.1 Å². The van der Waals surface area contributed by atoms with Crippen LogP contribution in [0.3, 0.4) is 0 Å². The molecule has 1 unspecified atom stereocenters. The fourth-order valence-corrected chi connectivity index (χ4v) is 2.86. The highest BCUT2D eigenvalue weighted by Crippen LogP contribution is 2.52. The summed E-state index contributed by atoms with van der Waals surface area (Å²) in [4.78, 5) is 24.0. The van der Waals surface area contributed by atoms with Crippen molar-refractivity contribution in [1.29, 1.82) is 0 Å². The minimum atomic E-state index is -1.23. The number of amides is 1. The van der Waals surface area contributed by atoms with Crippen molar-refractivity contribution in [3.05, 3.63) is 0 Å². The number of nitrogens with zero attached hydrogens (tertiary/aromatic N) is 1. The Morgan fingerprint density at radius 1 is 1.25 bits per heavy atom. The number of carboxylic acids is 1. The number of carbonyl (C=O) groups excluding carboxylic acids is 1. The van der Waals surface area contributed by atoms with Crippen molar-refractivity contribution >= 4 is 11.9 Å². The second-order valence-corrected chi connectivity index (χ2v) is 4.96. The Morgan fingerprint density at radius 3 is 2.19 bits per heavy atom. The highest BCUT2D eigenvalue weighted by atomic mass is 16.4. The van der Waals surface area contributed by atoms with Crippen LogP contribution in [0.4, 0.5) is 0 Å². The molecule has 1 aliphatic carbocycles. The Kier molecular flexibility index (Phi) is 2.45. The van der Waals surface area contributed by atoms with E-state index in [1.165, 1.54) is 11.8 Å². The van der Waals surface area contributed by atoms with Gasteiger partial charge in [0.25, 0.3) is 0 Å². The van der Waals surface area contributed by atoms with Crippen molar-refractivity contribution in [2.75, 3.05) is 13.1 Å². The van der Waals surface area contributed by atoms with Crippen molar-refractivity contribution < 1.29 is 19.8 Å². The summed E-state index contributed by atoms with van der Waals surface area (Å²) in [5.41, 5.74) is -2.25. The zero-order valence-corrected chi connectivity index (χ0v) is 9.40. The Hall–Kier alpha value is -1.10. The molecular weight excluding hydrogens is 210 g/mol. The summed E-state index contributed by atoms with van der Waals surface area (Å²) >= 11 is 0. The molecule has 1 saturated heterocycles. The standard InChI is InChI=1S/C11H17NO4/c1-8(13)12-6-5-11(16,7-12)10(9(14)15)3-2-4-10/h16H,2-7H2,1H3,(H,14,15). The van der Waals surface area contributed by atoms with Crippen molar-refractivity contribution in [2.24, 2.45) is 5.41 Å². The number of carbonyl (C=O) groups is 2. The second kappa shape index (κ2) is 3.45. The molecule has 1 heterocycles. The van der Waals surface area contributed by atoms with Gasteiger partial charge in [0, 0.05) is 13.5 Å². The van der Waals surface area contributed by atoms with E-state index < -0.39 is 17.0 Å². The van der Waals surface area contributed by atoms with Crippen LogP contribution in [0.25, 0.3) is 0 Å². The Morgan fingerprint density at radius 2 is 1.88 bits per heavy atom. The molecule has 5 heteroatoms. The molecule has 2 aliphatic rings. The number of likely N-dealkylation sites (tertiary alicyclic amines) is 1. The minimum Gasteiger partial charge on any atom is -0.481 e. The van der Waals surface area contributed by atoms with Crippen LogP contribution in [0.15, 0.2) is 0 Å². The number of hydrogen-bond donors (Lipinski definition) is 2. The molecule has 2 fully saturated rings. The fourth-order valence-electron chi connectivity index (χ4n) is 2.86. The molecule has 1 aliphatic heterocycles. The summed E-state index contributed by atoms with van der Waals surface area (Å²) in [6.45, 7) is 2.06. The molecule has 16 heavy (non-hydrogen) atoms. The summed E-state index contributed by atoms with van der Waals surface area (Å²) < 4.78 is 0. The van der Waals surface area contributed by atoms with Gasteiger partial charge in [0.2, 0.25) is 5.91 Å². The largest absolute Gasteiger partial charge is 0.481 e. The van der Waals surface area contributed by atoms with Crippen molar-refractivity contribution in [3.8, 4) is 0 Å². The average molecular weight is 227 g/mol. The zero-order valence-electron chi connectivity index (χ0n) is 9.40. The first-order chi connectivity index (χ1) is 7.41. The monoisotopic (exact) mass is 227 g/mol. The van der Waals surface area contributed by atoms with Crippen LogP contribution < -0.4 is 0 Å². The van der Waals surface area contributed by atoms with Crippen LogP contribution >= 0.6 is 0 Å². The van der Waals surface area contributed by atoms with E-state index in [-0.39, 0.29) is 12.5 Å². The van der Waals surface area contributed by atoms with Gasteiger partial charge in [-0.05, 0) is 19.3 Å². The summed E-state index contributed by atoms with van der Waals surface area (Å²) in [7, 11) is 0.